The number of hydrogen-bond donors (Lipinski definition) is 1. The highest BCUT2D eigenvalue weighted by Crippen LogP contribution is 2.31. The summed E-state index contributed by atoms with van der Waals surface area (Å²) in [4.78, 5) is 10.9. The second kappa shape index (κ2) is 13.0. The average Bonchev–Trinajstić information content (AvgIpc) is 2.78. The normalized spacial score (nSPS) is 18.2. The van der Waals surface area contributed by atoms with Crippen LogP contribution in [0.4, 0.5) is 0 Å². The summed E-state index contributed by atoms with van der Waals surface area (Å²) in [5.41, 5.74) is 3.82. The fourth-order valence-electron chi connectivity index (χ4n) is 3.90. The Morgan fingerprint density at radius 1 is 1.13 bits per heavy atom. The lowest BCUT2D eigenvalue weighted by atomic mass is 9.89. The zero-order chi connectivity index (χ0) is 21.8. The molecule has 0 aromatic heterocycles. The molecule has 162 valence electrons. The van der Waals surface area contributed by atoms with Crippen LogP contribution in [-0.4, -0.2) is 23.6 Å². The fraction of sp³-hybridized carbons (Fsp3) is 0.538. The molecule has 0 saturated carbocycles. The molecule has 2 aliphatic carbocycles. The molecule has 1 N–H and O–H groups in total. The second-order valence-corrected chi connectivity index (χ2v) is 8.23. The molecule has 0 aromatic carbocycles. The molecule has 4 nitrogen and oxygen atoms in total. The molecule has 0 bridgehead atoms. The molecule has 2 unspecified atom stereocenters. The third-order valence-corrected chi connectivity index (χ3v) is 5.78. The zero-order valence-electron chi connectivity index (χ0n) is 18.2. The Balaban J connectivity index is 1.99. The molecular formula is C26H35NO3. The Morgan fingerprint density at radius 3 is 2.40 bits per heavy atom. The van der Waals surface area contributed by atoms with E-state index in [1.165, 1.54) is 30.4 Å². The van der Waals surface area contributed by atoms with Crippen molar-refractivity contribution >= 4 is 6.29 Å². The molecule has 2 aliphatic rings. The molecule has 0 fully saturated rings. The van der Waals surface area contributed by atoms with Gasteiger partial charge < -0.3 is 9.84 Å². The van der Waals surface area contributed by atoms with Crippen LogP contribution in [0.2, 0.25) is 0 Å². The summed E-state index contributed by atoms with van der Waals surface area (Å²) < 4.78 is 6.21. The lowest BCUT2D eigenvalue weighted by molar-refractivity contribution is -0.105. The monoisotopic (exact) mass is 409 g/mol. The van der Waals surface area contributed by atoms with Gasteiger partial charge in [-0.3, -0.25) is 4.79 Å². The first-order chi connectivity index (χ1) is 14.6. The minimum Gasteiger partial charge on any atom is -0.492 e. The van der Waals surface area contributed by atoms with E-state index in [-0.39, 0.29) is 12.5 Å². The summed E-state index contributed by atoms with van der Waals surface area (Å²) in [5, 5.41) is 19.6. The average molecular weight is 410 g/mol. The van der Waals surface area contributed by atoms with E-state index < -0.39 is 6.10 Å². The number of rotatable bonds is 13. The van der Waals surface area contributed by atoms with Crippen molar-refractivity contribution in [3.05, 3.63) is 58.9 Å². The van der Waals surface area contributed by atoms with Gasteiger partial charge in [0.05, 0.1) is 17.9 Å². The van der Waals surface area contributed by atoms with E-state index in [1.807, 2.05) is 12.2 Å². The first-order valence-corrected chi connectivity index (χ1v) is 11.2. The van der Waals surface area contributed by atoms with Crippen molar-refractivity contribution in [2.75, 3.05) is 0 Å². The summed E-state index contributed by atoms with van der Waals surface area (Å²) in [6.45, 7) is 5.89. The number of carbonyl (C=O) groups excluding carboxylic acids is 1. The first-order valence-electron chi connectivity index (χ1n) is 11.2. The molecule has 0 saturated heterocycles. The summed E-state index contributed by atoms with van der Waals surface area (Å²) >= 11 is 0. The minimum atomic E-state index is -0.726. The van der Waals surface area contributed by atoms with Gasteiger partial charge in [0.2, 0.25) is 0 Å². The molecule has 30 heavy (non-hydrogen) atoms. The van der Waals surface area contributed by atoms with E-state index in [4.69, 9.17) is 10.00 Å². The molecule has 2 atom stereocenters. The second-order valence-electron chi connectivity index (χ2n) is 8.23. The third-order valence-electron chi connectivity index (χ3n) is 5.78. The van der Waals surface area contributed by atoms with Gasteiger partial charge in [-0.05, 0) is 61.0 Å². The topological polar surface area (TPSA) is 70.3 Å². The van der Waals surface area contributed by atoms with Crippen molar-refractivity contribution in [1.82, 2.24) is 0 Å². The highest BCUT2D eigenvalue weighted by atomic mass is 16.5. The van der Waals surface area contributed by atoms with Crippen LogP contribution in [0.5, 0.6) is 0 Å². The maximum atomic E-state index is 10.9. The molecule has 2 rings (SSSR count). The van der Waals surface area contributed by atoms with Crippen LogP contribution in [0.15, 0.2) is 58.9 Å². The van der Waals surface area contributed by atoms with Crippen LogP contribution in [0.3, 0.4) is 0 Å². The van der Waals surface area contributed by atoms with Gasteiger partial charge >= 0.3 is 0 Å². The van der Waals surface area contributed by atoms with Gasteiger partial charge in [0.15, 0.2) is 0 Å². The largest absolute Gasteiger partial charge is 0.492 e. The number of allylic oxidation sites excluding steroid dienone is 8. The molecule has 0 heterocycles. The number of hydrogen-bond acceptors (Lipinski definition) is 4. The predicted molar refractivity (Wildman–Crippen MR) is 120 cm³/mol. The zero-order valence-corrected chi connectivity index (χ0v) is 18.2. The van der Waals surface area contributed by atoms with E-state index in [2.05, 4.69) is 31.7 Å². The highest BCUT2D eigenvalue weighted by molar-refractivity contribution is 5.72. The maximum Gasteiger partial charge on any atom is 0.145 e. The number of unbranched alkanes of at least 4 members (excludes halogenated alkanes) is 4. The molecule has 0 aromatic rings. The van der Waals surface area contributed by atoms with Crippen molar-refractivity contribution < 1.29 is 14.6 Å². The molecule has 0 amide bonds. The number of carbonyl (C=O) groups is 1. The molecule has 0 spiro atoms. The van der Waals surface area contributed by atoms with Crippen molar-refractivity contribution in [1.29, 1.82) is 5.26 Å². The van der Waals surface area contributed by atoms with Crippen molar-refractivity contribution in [3.63, 3.8) is 0 Å². The Bertz CT molecular complexity index is 764. The van der Waals surface area contributed by atoms with E-state index in [0.29, 0.717) is 11.9 Å². The number of aliphatic hydroxyl groups is 1. The number of nitriles is 1. The van der Waals surface area contributed by atoms with Crippen molar-refractivity contribution in [2.24, 2.45) is 0 Å². The number of nitrogens with zero attached hydrogens (tertiary/aromatic N) is 1. The van der Waals surface area contributed by atoms with E-state index in [1.54, 1.807) is 0 Å². The van der Waals surface area contributed by atoms with Crippen LogP contribution >= 0.6 is 0 Å². The van der Waals surface area contributed by atoms with E-state index >= 15 is 0 Å². The first kappa shape index (κ1) is 23.9. The number of aldehydes is 1. The quantitative estimate of drug-likeness (QED) is 0.230. The Hall–Kier alpha value is -2.38. The van der Waals surface area contributed by atoms with Gasteiger partial charge in [0, 0.05) is 18.4 Å². The molecule has 0 radical (unpaired) electrons. The van der Waals surface area contributed by atoms with Gasteiger partial charge in [-0.15, -0.1) is 0 Å². The third kappa shape index (κ3) is 7.80. The molecule has 4 heteroatoms. The lowest BCUT2D eigenvalue weighted by Crippen LogP contribution is -2.29. The van der Waals surface area contributed by atoms with Crippen LogP contribution < -0.4 is 0 Å². The predicted octanol–water partition coefficient (Wildman–Crippen LogP) is 6.01. The van der Waals surface area contributed by atoms with Crippen LogP contribution in [0.25, 0.3) is 0 Å². The van der Waals surface area contributed by atoms with Gasteiger partial charge in [-0.1, -0.05) is 51.3 Å². The Morgan fingerprint density at radius 2 is 1.83 bits per heavy atom. The van der Waals surface area contributed by atoms with Crippen molar-refractivity contribution in [3.8, 4) is 6.07 Å². The maximum absolute atomic E-state index is 10.9. The van der Waals surface area contributed by atoms with Crippen molar-refractivity contribution in [2.45, 2.75) is 89.8 Å². The van der Waals surface area contributed by atoms with Crippen LogP contribution in [0.1, 0.15) is 77.6 Å². The van der Waals surface area contributed by atoms with E-state index in [9.17, 15) is 9.90 Å². The van der Waals surface area contributed by atoms with Crippen LogP contribution in [-0.2, 0) is 9.53 Å². The van der Waals surface area contributed by atoms with Gasteiger partial charge in [0.1, 0.15) is 12.4 Å². The SMILES string of the molecule is C=C(C=O)CC(O)C(CCCCCCC)OC1=CC=C(C2=CC=C(C#N)CC2)CC1. The number of ether oxygens (including phenoxy) is 1. The highest BCUT2D eigenvalue weighted by Gasteiger charge is 2.23. The smallest absolute Gasteiger partial charge is 0.145 e. The van der Waals surface area contributed by atoms with E-state index in [0.717, 1.165) is 56.3 Å². The van der Waals surface area contributed by atoms with Crippen LogP contribution in [0, 0.1) is 11.3 Å². The van der Waals surface area contributed by atoms with Gasteiger partial charge in [-0.25, -0.2) is 0 Å². The Kier molecular flexibility index (Phi) is 10.4. The minimum absolute atomic E-state index is 0.248. The molecular weight excluding hydrogens is 374 g/mol. The van der Waals surface area contributed by atoms with Gasteiger partial charge in [0.25, 0.3) is 0 Å². The summed E-state index contributed by atoms with van der Waals surface area (Å²) in [7, 11) is 0. The fourth-order valence-corrected chi connectivity index (χ4v) is 3.90. The number of aliphatic hydroxyl groups excluding tert-OH is 1. The van der Waals surface area contributed by atoms with Gasteiger partial charge in [-0.2, -0.15) is 5.26 Å². The standard InChI is InChI=1S/C26H35NO3/c1-3-4-5-6-7-8-26(25(29)17-20(2)19-28)30-24-15-13-23(14-16-24)22-11-9-21(18-27)10-12-22/h9,11,13,15,19,25-26,29H,2-8,10,12,14,16-17H2,1H3. The Labute approximate surface area is 181 Å². The molecule has 0 aliphatic heterocycles. The summed E-state index contributed by atoms with van der Waals surface area (Å²) in [5.74, 6) is 0.887. The summed E-state index contributed by atoms with van der Waals surface area (Å²) in [6, 6.07) is 2.23. The summed E-state index contributed by atoms with van der Waals surface area (Å²) in [6.07, 6.45) is 17.9. The lowest BCUT2D eigenvalue weighted by Gasteiger charge is -2.27.